The minimum Gasteiger partial charge on any atom is -0.497 e. The van der Waals surface area contributed by atoms with Gasteiger partial charge in [-0.1, -0.05) is 6.92 Å². The predicted molar refractivity (Wildman–Crippen MR) is 61.6 cm³/mol. The molecule has 0 saturated carbocycles. The third kappa shape index (κ3) is 2.88. The third-order valence-corrected chi connectivity index (χ3v) is 2.24. The second kappa shape index (κ2) is 5.99. The zero-order valence-electron chi connectivity index (χ0n) is 9.78. The summed E-state index contributed by atoms with van der Waals surface area (Å²) in [5, 5.41) is 12.1. The lowest BCUT2D eigenvalue weighted by atomic mass is 10.1. The summed E-state index contributed by atoms with van der Waals surface area (Å²) in [4.78, 5) is 0. The zero-order chi connectivity index (χ0) is 12.0. The first-order chi connectivity index (χ1) is 7.74. The maximum atomic E-state index is 9.04. The van der Waals surface area contributed by atoms with Crippen molar-refractivity contribution in [2.24, 2.45) is 0 Å². The molecule has 1 aromatic carbocycles. The molecule has 86 valence electrons. The van der Waals surface area contributed by atoms with Crippen LogP contribution in [-0.4, -0.2) is 20.8 Å². The van der Waals surface area contributed by atoms with E-state index in [9.17, 15) is 0 Å². The first-order valence-electron chi connectivity index (χ1n) is 5.11. The summed E-state index contributed by atoms with van der Waals surface area (Å²) in [6.07, 6.45) is 0. The monoisotopic (exact) mass is 220 g/mol. The summed E-state index contributed by atoms with van der Waals surface area (Å²) in [5.74, 6) is 1.38. The van der Waals surface area contributed by atoms with Gasteiger partial charge in [0.1, 0.15) is 17.5 Å². The van der Waals surface area contributed by atoms with Gasteiger partial charge >= 0.3 is 0 Å². The van der Waals surface area contributed by atoms with E-state index >= 15 is 0 Å². The largest absolute Gasteiger partial charge is 0.497 e. The molecule has 0 aliphatic carbocycles. The van der Waals surface area contributed by atoms with Crippen LogP contribution in [0.25, 0.3) is 0 Å². The lowest BCUT2D eigenvalue weighted by Crippen LogP contribution is -2.19. The molecule has 4 nitrogen and oxygen atoms in total. The lowest BCUT2D eigenvalue weighted by molar-refractivity contribution is 0.392. The van der Waals surface area contributed by atoms with Crippen molar-refractivity contribution in [3.05, 3.63) is 23.8 Å². The normalized spacial score (nSPS) is 11.6. The van der Waals surface area contributed by atoms with Gasteiger partial charge in [0, 0.05) is 6.07 Å². The fraction of sp³-hybridized carbons (Fsp3) is 0.417. The van der Waals surface area contributed by atoms with E-state index in [-0.39, 0.29) is 6.04 Å². The molecular weight excluding hydrogens is 204 g/mol. The van der Waals surface area contributed by atoms with Crippen molar-refractivity contribution in [1.29, 1.82) is 5.26 Å². The molecule has 1 N–H and O–H groups in total. The van der Waals surface area contributed by atoms with Crippen LogP contribution in [0.2, 0.25) is 0 Å². The predicted octanol–water partition coefficient (Wildman–Crippen LogP) is 1.88. The number of hydrogen-bond donors (Lipinski definition) is 1. The summed E-state index contributed by atoms with van der Waals surface area (Å²) in [6.45, 7) is 2.69. The maximum Gasteiger partial charge on any atom is 0.122 e. The van der Waals surface area contributed by atoms with Crippen LogP contribution in [0.3, 0.4) is 0 Å². The Balaban J connectivity index is 3.06. The number of nitrogens with zero attached hydrogens (tertiary/aromatic N) is 1. The topological polar surface area (TPSA) is 54.3 Å². The van der Waals surface area contributed by atoms with Gasteiger partial charge in [-0.3, -0.25) is 5.32 Å². The van der Waals surface area contributed by atoms with Gasteiger partial charge in [-0.05, 0) is 24.2 Å². The second-order valence-electron chi connectivity index (χ2n) is 3.27. The fourth-order valence-electron chi connectivity index (χ4n) is 1.44. The Morgan fingerprint density at radius 2 is 1.81 bits per heavy atom. The minimum atomic E-state index is -0.339. The summed E-state index contributed by atoms with van der Waals surface area (Å²) in [7, 11) is 3.18. The minimum absolute atomic E-state index is 0.339. The molecule has 0 fully saturated rings. The molecule has 0 aliphatic rings. The molecule has 0 radical (unpaired) electrons. The first-order valence-corrected chi connectivity index (χ1v) is 5.11. The average Bonchev–Trinajstić information content (AvgIpc) is 2.35. The number of nitriles is 1. The molecule has 0 heterocycles. The van der Waals surface area contributed by atoms with E-state index in [0.29, 0.717) is 11.5 Å². The van der Waals surface area contributed by atoms with Crippen LogP contribution in [0.4, 0.5) is 0 Å². The summed E-state index contributed by atoms with van der Waals surface area (Å²) >= 11 is 0. The highest BCUT2D eigenvalue weighted by Crippen LogP contribution is 2.26. The Kier molecular flexibility index (Phi) is 4.62. The molecular formula is C12H16N2O2. The van der Waals surface area contributed by atoms with E-state index in [1.807, 2.05) is 19.1 Å². The van der Waals surface area contributed by atoms with Gasteiger partial charge in [0.05, 0.1) is 20.3 Å². The van der Waals surface area contributed by atoms with Gasteiger partial charge in [0.15, 0.2) is 0 Å². The maximum absolute atomic E-state index is 9.04. The SMILES string of the molecule is CCNC(C#N)c1cc(OC)cc(OC)c1. The van der Waals surface area contributed by atoms with Crippen molar-refractivity contribution < 1.29 is 9.47 Å². The van der Waals surface area contributed by atoms with Crippen molar-refractivity contribution in [3.8, 4) is 17.6 Å². The zero-order valence-corrected chi connectivity index (χ0v) is 9.78. The summed E-state index contributed by atoms with van der Waals surface area (Å²) in [5.41, 5.74) is 0.848. The third-order valence-electron chi connectivity index (χ3n) is 2.24. The molecule has 1 rings (SSSR count). The number of rotatable bonds is 5. The summed E-state index contributed by atoms with van der Waals surface area (Å²) in [6, 6.07) is 7.31. The van der Waals surface area contributed by atoms with E-state index < -0.39 is 0 Å². The van der Waals surface area contributed by atoms with Crippen molar-refractivity contribution >= 4 is 0 Å². The Morgan fingerprint density at radius 3 is 2.19 bits per heavy atom. The number of ether oxygens (including phenoxy) is 2. The standard InChI is InChI=1S/C12H16N2O2/c1-4-14-12(8-13)9-5-10(15-2)7-11(6-9)16-3/h5-7,12,14H,4H2,1-3H3. The van der Waals surface area contributed by atoms with Crippen LogP contribution in [0.15, 0.2) is 18.2 Å². The molecule has 0 amide bonds. The number of nitrogens with one attached hydrogen (secondary N) is 1. The van der Waals surface area contributed by atoms with Gasteiger partial charge in [0.25, 0.3) is 0 Å². The Hall–Kier alpha value is -1.73. The van der Waals surface area contributed by atoms with E-state index in [4.69, 9.17) is 14.7 Å². The van der Waals surface area contributed by atoms with Gasteiger partial charge in [-0.15, -0.1) is 0 Å². The smallest absolute Gasteiger partial charge is 0.122 e. The quantitative estimate of drug-likeness (QED) is 0.823. The highest BCUT2D eigenvalue weighted by Gasteiger charge is 2.11. The molecule has 4 heteroatoms. The van der Waals surface area contributed by atoms with Crippen molar-refractivity contribution in [1.82, 2.24) is 5.32 Å². The summed E-state index contributed by atoms with van der Waals surface area (Å²) < 4.78 is 10.3. The lowest BCUT2D eigenvalue weighted by Gasteiger charge is -2.13. The highest BCUT2D eigenvalue weighted by atomic mass is 16.5. The number of benzene rings is 1. The van der Waals surface area contributed by atoms with Gasteiger partial charge < -0.3 is 9.47 Å². The average molecular weight is 220 g/mol. The van der Waals surface area contributed by atoms with Gasteiger partial charge in [0.2, 0.25) is 0 Å². The van der Waals surface area contributed by atoms with Crippen LogP contribution in [0, 0.1) is 11.3 Å². The highest BCUT2D eigenvalue weighted by molar-refractivity contribution is 5.41. The number of hydrogen-bond acceptors (Lipinski definition) is 4. The van der Waals surface area contributed by atoms with Crippen molar-refractivity contribution in [2.75, 3.05) is 20.8 Å². The van der Waals surface area contributed by atoms with Crippen molar-refractivity contribution in [2.45, 2.75) is 13.0 Å². The molecule has 0 saturated heterocycles. The Labute approximate surface area is 95.8 Å². The molecule has 1 unspecified atom stereocenters. The Bertz CT molecular complexity index is 363. The van der Waals surface area contributed by atoms with Crippen LogP contribution in [0.5, 0.6) is 11.5 Å². The van der Waals surface area contributed by atoms with Crippen LogP contribution in [0.1, 0.15) is 18.5 Å². The molecule has 1 aromatic rings. The van der Waals surface area contributed by atoms with Gasteiger partial charge in [-0.2, -0.15) is 5.26 Å². The molecule has 16 heavy (non-hydrogen) atoms. The number of methoxy groups -OCH3 is 2. The van der Waals surface area contributed by atoms with E-state index in [1.165, 1.54) is 0 Å². The first kappa shape index (κ1) is 12.3. The van der Waals surface area contributed by atoms with Gasteiger partial charge in [-0.25, -0.2) is 0 Å². The van der Waals surface area contributed by atoms with Crippen molar-refractivity contribution in [3.63, 3.8) is 0 Å². The van der Waals surface area contributed by atoms with Crippen LogP contribution < -0.4 is 14.8 Å². The molecule has 0 aromatic heterocycles. The molecule has 0 bridgehead atoms. The van der Waals surface area contributed by atoms with Crippen LogP contribution >= 0.6 is 0 Å². The van der Waals surface area contributed by atoms with E-state index in [1.54, 1.807) is 20.3 Å². The van der Waals surface area contributed by atoms with E-state index in [2.05, 4.69) is 11.4 Å². The fourth-order valence-corrected chi connectivity index (χ4v) is 1.44. The molecule has 0 spiro atoms. The molecule has 0 aliphatic heterocycles. The molecule has 1 atom stereocenters. The second-order valence-corrected chi connectivity index (χ2v) is 3.27. The van der Waals surface area contributed by atoms with E-state index in [0.717, 1.165) is 12.1 Å². The Morgan fingerprint density at radius 1 is 1.25 bits per heavy atom. The van der Waals surface area contributed by atoms with Crippen LogP contribution in [-0.2, 0) is 0 Å².